The molecule has 1 atom stereocenters. The fraction of sp³-hybridized carbons (Fsp3) is 0.350. The van der Waals surface area contributed by atoms with Gasteiger partial charge in [0.15, 0.2) is 0 Å². The summed E-state index contributed by atoms with van der Waals surface area (Å²) in [6, 6.07) is 12.1. The van der Waals surface area contributed by atoms with Crippen molar-refractivity contribution < 1.29 is 4.52 Å². The lowest BCUT2D eigenvalue weighted by Gasteiger charge is -2.21. The smallest absolute Gasteiger partial charge is 0.244 e. The highest BCUT2D eigenvalue weighted by molar-refractivity contribution is 6.30. The van der Waals surface area contributed by atoms with E-state index < -0.39 is 0 Å². The van der Waals surface area contributed by atoms with Crippen molar-refractivity contribution in [1.82, 2.24) is 20.0 Å². The minimum atomic E-state index is 0.149. The Morgan fingerprint density at radius 3 is 2.70 bits per heavy atom. The van der Waals surface area contributed by atoms with Crippen LogP contribution in [-0.4, -0.2) is 40.7 Å². The molecule has 1 aliphatic rings. The molecule has 0 unspecified atom stereocenters. The van der Waals surface area contributed by atoms with Crippen molar-refractivity contribution in [2.24, 2.45) is 0 Å². The molecule has 1 saturated heterocycles. The number of aromatic nitrogens is 3. The predicted octanol–water partition coefficient (Wildman–Crippen LogP) is 4.19. The number of hydrogen-bond donors (Lipinski definition) is 0. The van der Waals surface area contributed by atoms with Crippen LogP contribution in [0.3, 0.4) is 0 Å². The van der Waals surface area contributed by atoms with Gasteiger partial charge in [-0.1, -0.05) is 28.9 Å². The second kappa shape index (κ2) is 7.66. The van der Waals surface area contributed by atoms with Crippen LogP contribution < -0.4 is 4.90 Å². The number of rotatable bonds is 5. The van der Waals surface area contributed by atoms with Gasteiger partial charge in [0.1, 0.15) is 5.82 Å². The van der Waals surface area contributed by atoms with E-state index in [1.807, 2.05) is 43.3 Å². The molecule has 3 heterocycles. The molecule has 1 aromatic carbocycles. The molecule has 7 heteroatoms. The first-order valence-corrected chi connectivity index (χ1v) is 9.44. The van der Waals surface area contributed by atoms with Gasteiger partial charge in [-0.05, 0) is 49.2 Å². The molecular formula is C20H22ClN5O. The number of pyridine rings is 1. The Kier molecular flexibility index (Phi) is 5.09. The second-order valence-corrected chi connectivity index (χ2v) is 7.45. The van der Waals surface area contributed by atoms with Gasteiger partial charge >= 0.3 is 0 Å². The van der Waals surface area contributed by atoms with Crippen molar-refractivity contribution in [2.45, 2.75) is 25.4 Å². The molecule has 140 valence electrons. The fourth-order valence-electron chi connectivity index (χ4n) is 3.39. The summed E-state index contributed by atoms with van der Waals surface area (Å²) >= 11 is 5.99. The van der Waals surface area contributed by atoms with E-state index in [4.69, 9.17) is 16.1 Å². The number of benzene rings is 1. The summed E-state index contributed by atoms with van der Waals surface area (Å²) in [7, 11) is 3.92. The van der Waals surface area contributed by atoms with Crippen LogP contribution in [0.25, 0.3) is 11.4 Å². The summed E-state index contributed by atoms with van der Waals surface area (Å²) < 4.78 is 5.61. The van der Waals surface area contributed by atoms with Crippen LogP contribution in [0.2, 0.25) is 5.02 Å². The van der Waals surface area contributed by atoms with Gasteiger partial charge in [0.2, 0.25) is 11.7 Å². The van der Waals surface area contributed by atoms with Gasteiger partial charge in [-0.2, -0.15) is 4.98 Å². The molecule has 27 heavy (non-hydrogen) atoms. The van der Waals surface area contributed by atoms with Gasteiger partial charge in [-0.25, -0.2) is 4.98 Å². The Balaban J connectivity index is 1.50. The van der Waals surface area contributed by atoms with Crippen molar-refractivity contribution in [3.63, 3.8) is 0 Å². The molecule has 2 aromatic heterocycles. The van der Waals surface area contributed by atoms with Crippen LogP contribution >= 0.6 is 11.6 Å². The number of halogens is 1. The van der Waals surface area contributed by atoms with Crippen molar-refractivity contribution >= 4 is 17.4 Å². The normalized spacial score (nSPS) is 17.4. The summed E-state index contributed by atoms with van der Waals surface area (Å²) in [5, 5.41) is 4.93. The minimum Gasteiger partial charge on any atom is -0.363 e. The molecule has 0 spiro atoms. The number of anilines is 1. The van der Waals surface area contributed by atoms with E-state index in [2.05, 4.69) is 32.2 Å². The predicted molar refractivity (Wildman–Crippen MR) is 106 cm³/mol. The van der Waals surface area contributed by atoms with E-state index >= 15 is 0 Å². The van der Waals surface area contributed by atoms with Gasteiger partial charge in [0, 0.05) is 37.4 Å². The van der Waals surface area contributed by atoms with Gasteiger partial charge in [-0.3, -0.25) is 4.90 Å². The summed E-state index contributed by atoms with van der Waals surface area (Å²) in [5.74, 6) is 2.15. The number of nitrogens with zero attached hydrogens (tertiary/aromatic N) is 5. The zero-order chi connectivity index (χ0) is 18.8. The monoisotopic (exact) mass is 383 g/mol. The van der Waals surface area contributed by atoms with E-state index in [-0.39, 0.29) is 6.04 Å². The highest BCUT2D eigenvalue weighted by atomic mass is 35.5. The number of likely N-dealkylation sites (tertiary alicyclic amines) is 1. The van der Waals surface area contributed by atoms with Gasteiger partial charge in [0.25, 0.3) is 0 Å². The van der Waals surface area contributed by atoms with Crippen LogP contribution in [0, 0.1) is 0 Å². The molecule has 3 aromatic rings. The molecular weight excluding hydrogens is 362 g/mol. The maximum atomic E-state index is 5.99. The summed E-state index contributed by atoms with van der Waals surface area (Å²) in [6.07, 6.45) is 3.92. The Hall–Kier alpha value is -2.44. The van der Waals surface area contributed by atoms with Gasteiger partial charge in [-0.15, -0.1) is 0 Å². The minimum absolute atomic E-state index is 0.149. The van der Waals surface area contributed by atoms with Crippen LogP contribution in [0.1, 0.15) is 30.3 Å². The first-order valence-electron chi connectivity index (χ1n) is 9.06. The van der Waals surface area contributed by atoms with E-state index in [9.17, 15) is 0 Å². The van der Waals surface area contributed by atoms with E-state index in [0.717, 1.165) is 42.3 Å². The molecule has 0 saturated carbocycles. The standard InChI is InChI=1S/C20H22ClN5O/c1-25(2)18-10-7-15(12-22-18)19-23-20(27-24-19)17-4-3-11-26(17)13-14-5-8-16(21)9-6-14/h5-10,12,17H,3-4,11,13H2,1-2H3/t17-/m0/s1. The van der Waals surface area contributed by atoms with Crippen LogP contribution in [0.5, 0.6) is 0 Å². The maximum Gasteiger partial charge on any atom is 0.244 e. The topological polar surface area (TPSA) is 58.3 Å². The third kappa shape index (κ3) is 3.96. The van der Waals surface area contributed by atoms with Gasteiger partial charge < -0.3 is 9.42 Å². The molecule has 0 radical (unpaired) electrons. The number of hydrogen-bond acceptors (Lipinski definition) is 6. The van der Waals surface area contributed by atoms with Crippen molar-refractivity contribution in [2.75, 3.05) is 25.5 Å². The van der Waals surface area contributed by atoms with Crippen molar-refractivity contribution in [3.8, 4) is 11.4 Å². The highest BCUT2D eigenvalue weighted by Gasteiger charge is 2.30. The average Bonchev–Trinajstić information content (AvgIpc) is 3.33. The first-order chi connectivity index (χ1) is 13.1. The van der Waals surface area contributed by atoms with E-state index in [0.29, 0.717) is 11.7 Å². The highest BCUT2D eigenvalue weighted by Crippen LogP contribution is 2.33. The van der Waals surface area contributed by atoms with Gasteiger partial charge in [0.05, 0.1) is 6.04 Å². The zero-order valence-corrected chi connectivity index (χ0v) is 16.2. The van der Waals surface area contributed by atoms with Crippen LogP contribution in [0.15, 0.2) is 47.1 Å². The first kappa shape index (κ1) is 17.9. The zero-order valence-electron chi connectivity index (χ0n) is 15.5. The Morgan fingerprint density at radius 2 is 2.00 bits per heavy atom. The molecule has 0 amide bonds. The molecule has 0 N–H and O–H groups in total. The summed E-state index contributed by atoms with van der Waals surface area (Å²) in [6.45, 7) is 1.86. The molecule has 0 bridgehead atoms. The summed E-state index contributed by atoms with van der Waals surface area (Å²) in [5.41, 5.74) is 2.09. The van der Waals surface area contributed by atoms with Crippen molar-refractivity contribution in [1.29, 1.82) is 0 Å². The third-order valence-electron chi connectivity index (χ3n) is 4.85. The largest absolute Gasteiger partial charge is 0.363 e. The third-order valence-corrected chi connectivity index (χ3v) is 5.11. The molecule has 0 aliphatic carbocycles. The fourth-order valence-corrected chi connectivity index (χ4v) is 3.52. The van der Waals surface area contributed by atoms with Crippen molar-refractivity contribution in [3.05, 3.63) is 59.1 Å². The van der Waals surface area contributed by atoms with E-state index in [1.165, 1.54) is 5.56 Å². The average molecular weight is 384 g/mol. The van der Waals surface area contributed by atoms with Crippen LogP contribution in [-0.2, 0) is 6.54 Å². The summed E-state index contributed by atoms with van der Waals surface area (Å²) in [4.78, 5) is 13.4. The van der Waals surface area contributed by atoms with E-state index in [1.54, 1.807) is 6.20 Å². The Labute approximate surface area is 163 Å². The molecule has 1 fully saturated rings. The quantitative estimate of drug-likeness (QED) is 0.658. The lowest BCUT2D eigenvalue weighted by Crippen LogP contribution is -2.23. The lowest BCUT2D eigenvalue weighted by molar-refractivity contribution is 0.201. The van der Waals surface area contributed by atoms with Crippen LogP contribution in [0.4, 0.5) is 5.82 Å². The second-order valence-electron chi connectivity index (χ2n) is 7.01. The lowest BCUT2D eigenvalue weighted by atomic mass is 10.2. The Morgan fingerprint density at radius 1 is 1.19 bits per heavy atom. The molecule has 6 nitrogen and oxygen atoms in total. The molecule has 1 aliphatic heterocycles. The SMILES string of the molecule is CN(C)c1ccc(-c2noc([C@@H]3CCCN3Cc3ccc(Cl)cc3)n2)cn1. The molecule has 4 rings (SSSR count). The Bertz CT molecular complexity index is 891. The maximum absolute atomic E-state index is 5.99.